The minimum absolute atomic E-state index is 0.220. The van der Waals surface area contributed by atoms with Crippen molar-refractivity contribution in [2.45, 2.75) is 245 Å². The number of ether oxygens (including phenoxy) is 2. The smallest absolute Gasteiger partial charge is 0.462 e. The topological polar surface area (TPSA) is 119 Å². The van der Waals surface area contributed by atoms with E-state index >= 15 is 0 Å². The van der Waals surface area contributed by atoms with Gasteiger partial charge in [-0.1, -0.05) is 213 Å². The molecule has 0 fully saturated rings. The van der Waals surface area contributed by atoms with Crippen molar-refractivity contribution in [2.24, 2.45) is 0 Å². The average Bonchev–Trinajstić information content (AvgIpc) is 3.10. The lowest BCUT2D eigenvalue weighted by atomic mass is 10.0. The van der Waals surface area contributed by atoms with E-state index in [2.05, 4.69) is 18.4 Å². The van der Waals surface area contributed by atoms with E-state index in [0.717, 1.165) is 32.1 Å². The van der Waals surface area contributed by atoms with Crippen LogP contribution in [0.25, 0.3) is 0 Å². The number of carbonyl (C=O) groups excluding carboxylic acids is 2. The van der Waals surface area contributed by atoms with Gasteiger partial charge in [0.15, 0.2) is 6.10 Å². The predicted molar refractivity (Wildman–Crippen MR) is 212 cm³/mol. The number of phosphoric acid groups is 1. The van der Waals surface area contributed by atoms with Crippen molar-refractivity contribution in [2.75, 3.05) is 13.2 Å². The molecule has 0 heterocycles. The van der Waals surface area contributed by atoms with Crippen LogP contribution in [0, 0.1) is 0 Å². The second kappa shape index (κ2) is 38.8. The van der Waals surface area contributed by atoms with Crippen molar-refractivity contribution in [1.29, 1.82) is 0 Å². The summed E-state index contributed by atoms with van der Waals surface area (Å²) in [7, 11) is -4.74. The molecule has 1 atom stereocenters. The monoisotopic (exact) mass is 747 g/mol. The van der Waals surface area contributed by atoms with E-state index in [0.29, 0.717) is 6.42 Å². The van der Waals surface area contributed by atoms with Gasteiger partial charge in [-0.05, 0) is 12.8 Å². The Balaban J connectivity index is 3.75. The fourth-order valence-electron chi connectivity index (χ4n) is 6.61. The van der Waals surface area contributed by atoms with E-state index < -0.39 is 32.5 Å². The summed E-state index contributed by atoms with van der Waals surface area (Å²) < 4.78 is 26.4. The summed E-state index contributed by atoms with van der Waals surface area (Å²) in [6, 6.07) is 0. The maximum absolute atomic E-state index is 12.4. The van der Waals surface area contributed by atoms with Gasteiger partial charge >= 0.3 is 19.8 Å². The van der Waals surface area contributed by atoms with Crippen LogP contribution in [0.4, 0.5) is 0 Å². The second-order valence-corrected chi connectivity index (χ2v) is 16.3. The lowest BCUT2D eigenvalue weighted by Gasteiger charge is -2.18. The first-order valence-corrected chi connectivity index (χ1v) is 23.4. The molecule has 0 radical (unpaired) electrons. The molecule has 0 bridgehead atoms. The Hall–Kier alpha value is -0.950. The van der Waals surface area contributed by atoms with Crippen molar-refractivity contribution < 1.29 is 37.9 Å². The molecule has 9 heteroatoms. The zero-order chi connectivity index (χ0) is 37.5. The molecule has 0 amide bonds. The Bertz CT molecular complexity index is 802. The molecule has 0 rings (SSSR count). The van der Waals surface area contributed by atoms with Gasteiger partial charge in [-0.25, -0.2) is 4.57 Å². The number of esters is 2. The number of hydrogen-bond acceptors (Lipinski definition) is 6. The number of hydrogen-bond donors (Lipinski definition) is 2. The molecule has 304 valence electrons. The molecule has 0 unspecified atom stereocenters. The second-order valence-electron chi connectivity index (χ2n) is 15.0. The molecular weight excluding hydrogens is 663 g/mol. The maximum Gasteiger partial charge on any atom is 0.469 e. The minimum Gasteiger partial charge on any atom is -0.462 e. The zero-order valence-corrected chi connectivity index (χ0v) is 34.4. The number of rotatable bonds is 41. The summed E-state index contributed by atoms with van der Waals surface area (Å²) in [6.45, 7) is 3.70. The molecule has 0 saturated carbocycles. The molecule has 2 N–H and O–H groups in total. The largest absolute Gasteiger partial charge is 0.469 e. The van der Waals surface area contributed by atoms with E-state index in [-0.39, 0.29) is 19.4 Å². The molecule has 0 aliphatic rings. The van der Waals surface area contributed by atoms with Crippen molar-refractivity contribution in [1.82, 2.24) is 0 Å². The summed E-state index contributed by atoms with van der Waals surface area (Å²) in [5.74, 6) is -0.870. The van der Waals surface area contributed by atoms with Gasteiger partial charge < -0.3 is 19.3 Å². The third-order valence-electron chi connectivity index (χ3n) is 9.88. The molecule has 0 aromatic carbocycles. The van der Waals surface area contributed by atoms with Crippen LogP contribution >= 0.6 is 7.82 Å². The Morgan fingerprint density at radius 3 is 1.00 bits per heavy atom. The molecule has 0 saturated heterocycles. The Labute approximate surface area is 315 Å². The highest BCUT2D eigenvalue weighted by atomic mass is 31.2. The van der Waals surface area contributed by atoms with Crippen LogP contribution in [0.15, 0.2) is 0 Å². The summed E-state index contributed by atoms with van der Waals surface area (Å²) >= 11 is 0. The summed E-state index contributed by atoms with van der Waals surface area (Å²) in [5.41, 5.74) is 0. The lowest BCUT2D eigenvalue weighted by molar-refractivity contribution is -0.161. The highest BCUT2D eigenvalue weighted by Gasteiger charge is 2.22. The van der Waals surface area contributed by atoms with Crippen molar-refractivity contribution in [3.63, 3.8) is 0 Å². The van der Waals surface area contributed by atoms with Crippen LogP contribution < -0.4 is 0 Å². The quantitative estimate of drug-likeness (QED) is 0.0360. The van der Waals surface area contributed by atoms with E-state index in [9.17, 15) is 14.2 Å². The average molecular weight is 747 g/mol. The van der Waals surface area contributed by atoms with Gasteiger partial charge in [-0.3, -0.25) is 14.1 Å². The number of carbonyl (C=O) groups is 2. The van der Waals surface area contributed by atoms with Crippen molar-refractivity contribution in [3.8, 4) is 0 Å². The van der Waals surface area contributed by atoms with Gasteiger partial charge in [0.25, 0.3) is 0 Å². The molecule has 0 aliphatic heterocycles. The Kier molecular flexibility index (Phi) is 38.0. The number of phosphoric ester groups is 1. The van der Waals surface area contributed by atoms with Crippen LogP contribution in [0.2, 0.25) is 0 Å². The van der Waals surface area contributed by atoms with Gasteiger partial charge in [0.2, 0.25) is 0 Å². The van der Waals surface area contributed by atoms with Gasteiger partial charge in [-0.2, -0.15) is 0 Å². The third kappa shape index (κ3) is 41.7. The van der Waals surface area contributed by atoms with E-state index in [1.807, 2.05) is 0 Å². The first kappa shape index (κ1) is 50.1. The fraction of sp³-hybridized carbons (Fsp3) is 0.952. The molecule has 0 aromatic rings. The SMILES string of the molecule is CCCCCCCCCCCCCCCCCCCCCCCCCC(=O)O[C@H](COC(=O)CCCCCCCCCCCC)COP(=O)(O)O. The molecule has 51 heavy (non-hydrogen) atoms. The fourth-order valence-corrected chi connectivity index (χ4v) is 6.97. The van der Waals surface area contributed by atoms with E-state index in [4.69, 9.17) is 19.3 Å². The van der Waals surface area contributed by atoms with Crippen molar-refractivity contribution in [3.05, 3.63) is 0 Å². The first-order chi connectivity index (χ1) is 24.8. The molecular formula is C42H83O8P. The van der Waals surface area contributed by atoms with Crippen LogP contribution in [-0.4, -0.2) is 41.0 Å². The Morgan fingerprint density at radius 2 is 0.706 bits per heavy atom. The highest BCUT2D eigenvalue weighted by Crippen LogP contribution is 2.36. The zero-order valence-electron chi connectivity index (χ0n) is 33.5. The van der Waals surface area contributed by atoms with Crippen molar-refractivity contribution >= 4 is 19.8 Å². The summed E-state index contributed by atoms with van der Waals surface area (Å²) in [6.07, 6.45) is 41.3. The van der Waals surface area contributed by atoms with E-state index in [1.54, 1.807) is 0 Å². The number of unbranched alkanes of at least 4 members (excludes halogenated alkanes) is 31. The van der Waals surface area contributed by atoms with Crippen LogP contribution in [0.1, 0.15) is 239 Å². The lowest BCUT2D eigenvalue weighted by Crippen LogP contribution is -2.29. The standard InChI is InChI=1S/C42H83O8P/c1-3-5-7-9-11-13-15-16-17-18-19-20-21-22-23-24-25-26-27-29-31-33-35-37-42(44)50-40(39-49-51(45,46)47)38-48-41(43)36-34-32-30-28-14-12-10-8-6-4-2/h40H,3-39H2,1-2H3,(H2,45,46,47)/t40-/m1/s1. The molecule has 0 aromatic heterocycles. The van der Waals surface area contributed by atoms with Gasteiger partial charge in [0.1, 0.15) is 6.61 Å². The third-order valence-corrected chi connectivity index (χ3v) is 10.4. The minimum atomic E-state index is -4.74. The van der Waals surface area contributed by atoms with Crippen LogP contribution in [-0.2, 0) is 28.2 Å². The molecule has 0 aliphatic carbocycles. The van der Waals surface area contributed by atoms with Gasteiger partial charge in [0.05, 0.1) is 6.61 Å². The van der Waals surface area contributed by atoms with Gasteiger partial charge in [-0.15, -0.1) is 0 Å². The first-order valence-electron chi connectivity index (χ1n) is 21.8. The Morgan fingerprint density at radius 1 is 0.431 bits per heavy atom. The maximum atomic E-state index is 12.4. The highest BCUT2D eigenvalue weighted by molar-refractivity contribution is 7.46. The summed E-state index contributed by atoms with van der Waals surface area (Å²) in [5, 5.41) is 0. The molecule has 0 spiro atoms. The van der Waals surface area contributed by atoms with Crippen LogP contribution in [0.5, 0.6) is 0 Å². The summed E-state index contributed by atoms with van der Waals surface area (Å²) in [4.78, 5) is 42.7. The van der Waals surface area contributed by atoms with Crippen LogP contribution in [0.3, 0.4) is 0 Å². The normalized spacial score (nSPS) is 12.3. The predicted octanol–water partition coefficient (Wildman–Crippen LogP) is 13.2. The molecule has 8 nitrogen and oxygen atoms in total. The van der Waals surface area contributed by atoms with E-state index in [1.165, 1.54) is 173 Å². The van der Waals surface area contributed by atoms with Gasteiger partial charge in [0, 0.05) is 12.8 Å².